The van der Waals surface area contributed by atoms with Crippen LogP contribution in [0.4, 0.5) is 16.4 Å². The number of fused-ring (bicyclic) bond motifs is 1. The van der Waals surface area contributed by atoms with E-state index in [4.69, 9.17) is 9.47 Å². The van der Waals surface area contributed by atoms with Gasteiger partial charge in [0.25, 0.3) is 0 Å². The number of nitriles is 1. The second kappa shape index (κ2) is 12.1. The number of aromatic nitrogens is 2. The van der Waals surface area contributed by atoms with Crippen molar-refractivity contribution in [1.82, 2.24) is 19.8 Å². The fourth-order valence-electron chi connectivity index (χ4n) is 4.58. The fourth-order valence-corrected chi connectivity index (χ4v) is 4.58. The van der Waals surface area contributed by atoms with Gasteiger partial charge in [-0.05, 0) is 44.0 Å². The number of amides is 2. The average Bonchev–Trinajstić information content (AvgIpc) is 2.89. The minimum absolute atomic E-state index is 0.248. The van der Waals surface area contributed by atoms with Crippen LogP contribution in [0.3, 0.4) is 0 Å². The molecule has 1 saturated heterocycles. The van der Waals surface area contributed by atoms with Gasteiger partial charge < -0.3 is 14.4 Å². The summed E-state index contributed by atoms with van der Waals surface area (Å²) >= 11 is 0. The summed E-state index contributed by atoms with van der Waals surface area (Å²) in [5.74, 6) is 1.05. The molecule has 2 aromatic rings. The first kappa shape index (κ1) is 26.5. The zero-order chi connectivity index (χ0) is 26.4. The summed E-state index contributed by atoms with van der Waals surface area (Å²) in [4.78, 5) is 40.2. The molecular weight excluding hydrogens is 474 g/mol. The third-order valence-corrected chi connectivity index (χ3v) is 6.57. The highest BCUT2D eigenvalue weighted by molar-refractivity contribution is 6.01. The SMILES string of the molecule is COC[C@@H](C)Oc1cc(NC(=O)N2CCCc3cc(CN4CCN(C)CC4)c(C=O)nc32)ncc1C#N. The van der Waals surface area contributed by atoms with Crippen molar-refractivity contribution in [2.24, 2.45) is 0 Å². The maximum atomic E-state index is 13.3. The Kier molecular flexibility index (Phi) is 8.66. The minimum Gasteiger partial charge on any atom is -0.487 e. The van der Waals surface area contributed by atoms with E-state index in [0.717, 1.165) is 56.4 Å². The van der Waals surface area contributed by atoms with E-state index in [1.807, 2.05) is 19.1 Å². The van der Waals surface area contributed by atoms with Crippen LogP contribution in [0, 0.1) is 11.3 Å². The molecule has 2 aliphatic heterocycles. The van der Waals surface area contributed by atoms with Crippen molar-refractivity contribution >= 4 is 24.0 Å². The summed E-state index contributed by atoms with van der Waals surface area (Å²) in [6, 6.07) is 5.18. The number of methoxy groups -OCH3 is 1. The number of rotatable bonds is 8. The molecule has 1 N–H and O–H groups in total. The van der Waals surface area contributed by atoms with Gasteiger partial charge in [0.15, 0.2) is 6.29 Å². The van der Waals surface area contributed by atoms with E-state index >= 15 is 0 Å². The first-order valence-corrected chi connectivity index (χ1v) is 12.4. The van der Waals surface area contributed by atoms with Gasteiger partial charge in [0.2, 0.25) is 0 Å². The molecule has 0 radical (unpaired) electrons. The molecule has 196 valence electrons. The van der Waals surface area contributed by atoms with E-state index in [9.17, 15) is 14.9 Å². The highest BCUT2D eigenvalue weighted by atomic mass is 16.5. The number of aryl methyl sites for hydroxylation is 1. The Balaban J connectivity index is 1.52. The van der Waals surface area contributed by atoms with Crippen LogP contribution in [0.5, 0.6) is 5.75 Å². The van der Waals surface area contributed by atoms with Crippen molar-refractivity contribution in [1.29, 1.82) is 5.26 Å². The second-order valence-corrected chi connectivity index (χ2v) is 9.46. The Labute approximate surface area is 217 Å². The number of urea groups is 1. The Hall–Kier alpha value is -3.59. The van der Waals surface area contributed by atoms with Crippen LogP contribution in [0.1, 0.15) is 40.5 Å². The molecule has 11 nitrogen and oxygen atoms in total. The number of piperazine rings is 1. The standard InChI is InChI=1S/C26H33N7O4/c1-18(17-36-3)37-23-12-24(28-14-21(23)13-27)30-26(35)33-6-4-5-19-11-20(22(16-34)29-25(19)33)15-32-9-7-31(2)8-10-32/h11-12,14,16,18H,4-10,15,17H2,1-3H3,(H,28,30,35)/t18-/m1/s1. The lowest BCUT2D eigenvalue weighted by atomic mass is 10.0. The summed E-state index contributed by atoms with van der Waals surface area (Å²) in [6.45, 7) is 7.15. The maximum Gasteiger partial charge on any atom is 0.328 e. The lowest BCUT2D eigenvalue weighted by Crippen LogP contribution is -2.44. The number of anilines is 2. The molecule has 4 heterocycles. The lowest BCUT2D eigenvalue weighted by molar-refractivity contribution is 0.0919. The van der Waals surface area contributed by atoms with E-state index in [1.165, 1.54) is 12.3 Å². The number of carbonyl (C=O) groups excluding carboxylic acids is 2. The number of nitrogens with zero attached hydrogens (tertiary/aromatic N) is 6. The third-order valence-electron chi connectivity index (χ3n) is 6.57. The van der Waals surface area contributed by atoms with Crippen LogP contribution in [0.15, 0.2) is 18.3 Å². The van der Waals surface area contributed by atoms with Gasteiger partial charge in [0, 0.05) is 52.4 Å². The van der Waals surface area contributed by atoms with Crippen LogP contribution in [0.25, 0.3) is 0 Å². The second-order valence-electron chi connectivity index (χ2n) is 9.46. The highest BCUT2D eigenvalue weighted by Crippen LogP contribution is 2.29. The van der Waals surface area contributed by atoms with Gasteiger partial charge in [-0.25, -0.2) is 14.8 Å². The number of likely N-dealkylation sites (N-methyl/N-ethyl adjacent to an activating group) is 1. The fraction of sp³-hybridized carbons (Fsp3) is 0.500. The third kappa shape index (κ3) is 6.40. The summed E-state index contributed by atoms with van der Waals surface area (Å²) < 4.78 is 10.9. The lowest BCUT2D eigenvalue weighted by Gasteiger charge is -2.33. The number of pyridine rings is 2. The van der Waals surface area contributed by atoms with Gasteiger partial charge in [-0.2, -0.15) is 5.26 Å². The van der Waals surface area contributed by atoms with Gasteiger partial charge in [0.1, 0.15) is 40.8 Å². The van der Waals surface area contributed by atoms with Gasteiger partial charge in [-0.3, -0.25) is 19.9 Å². The normalized spacial score (nSPS) is 17.0. The molecule has 0 saturated carbocycles. The molecule has 0 bridgehead atoms. The van der Waals surface area contributed by atoms with Crippen LogP contribution in [-0.4, -0.2) is 91.7 Å². The Morgan fingerprint density at radius 2 is 2.05 bits per heavy atom. The van der Waals surface area contributed by atoms with Crippen molar-refractivity contribution < 1.29 is 19.1 Å². The number of nitrogens with one attached hydrogen (secondary N) is 1. The maximum absolute atomic E-state index is 13.3. The number of hydrogen-bond donors (Lipinski definition) is 1. The summed E-state index contributed by atoms with van der Waals surface area (Å²) in [5, 5.41) is 12.2. The molecule has 37 heavy (non-hydrogen) atoms. The van der Waals surface area contributed by atoms with Crippen molar-refractivity contribution in [3.63, 3.8) is 0 Å². The summed E-state index contributed by atoms with van der Waals surface area (Å²) in [6.07, 6.45) is 3.40. The van der Waals surface area contributed by atoms with E-state index in [-0.39, 0.29) is 17.5 Å². The first-order valence-electron chi connectivity index (χ1n) is 12.4. The van der Waals surface area contributed by atoms with Gasteiger partial charge >= 0.3 is 6.03 Å². The zero-order valence-electron chi connectivity index (χ0n) is 21.6. The van der Waals surface area contributed by atoms with Crippen LogP contribution < -0.4 is 15.0 Å². The minimum atomic E-state index is -0.412. The molecule has 0 unspecified atom stereocenters. The number of ether oxygens (including phenoxy) is 2. The van der Waals surface area contributed by atoms with Crippen molar-refractivity contribution in [3.8, 4) is 11.8 Å². The molecule has 0 spiro atoms. The van der Waals surface area contributed by atoms with Gasteiger partial charge in [-0.1, -0.05) is 0 Å². The topological polar surface area (TPSA) is 124 Å². The molecule has 0 aliphatic carbocycles. The van der Waals surface area contributed by atoms with Crippen molar-refractivity contribution in [3.05, 3.63) is 40.7 Å². The summed E-state index contributed by atoms with van der Waals surface area (Å²) in [5.41, 5.74) is 2.45. The predicted molar refractivity (Wildman–Crippen MR) is 138 cm³/mol. The Morgan fingerprint density at radius 3 is 2.76 bits per heavy atom. The Bertz CT molecular complexity index is 1170. The quantitative estimate of drug-likeness (QED) is 0.536. The number of aldehydes is 1. The Morgan fingerprint density at radius 1 is 1.27 bits per heavy atom. The van der Waals surface area contributed by atoms with E-state index < -0.39 is 6.03 Å². The first-order chi connectivity index (χ1) is 17.9. The van der Waals surface area contributed by atoms with Crippen molar-refractivity contribution in [2.75, 3.05) is 63.7 Å². The molecule has 2 aromatic heterocycles. The number of hydrogen-bond acceptors (Lipinski definition) is 9. The van der Waals surface area contributed by atoms with Crippen LogP contribution in [-0.2, 0) is 17.7 Å². The van der Waals surface area contributed by atoms with E-state index in [2.05, 4.69) is 32.1 Å². The molecule has 2 aliphatic rings. The predicted octanol–water partition coefficient (Wildman–Crippen LogP) is 2.31. The van der Waals surface area contributed by atoms with E-state index in [1.54, 1.807) is 12.0 Å². The molecule has 0 aromatic carbocycles. The zero-order valence-corrected chi connectivity index (χ0v) is 21.6. The van der Waals surface area contributed by atoms with Gasteiger partial charge in [0.05, 0.1) is 12.8 Å². The summed E-state index contributed by atoms with van der Waals surface area (Å²) in [7, 11) is 3.68. The molecule has 1 fully saturated rings. The molecule has 2 amide bonds. The van der Waals surface area contributed by atoms with Crippen molar-refractivity contribution in [2.45, 2.75) is 32.4 Å². The highest BCUT2D eigenvalue weighted by Gasteiger charge is 2.27. The largest absolute Gasteiger partial charge is 0.487 e. The monoisotopic (exact) mass is 507 g/mol. The van der Waals surface area contributed by atoms with Crippen LogP contribution >= 0.6 is 0 Å². The van der Waals surface area contributed by atoms with Crippen LogP contribution in [0.2, 0.25) is 0 Å². The smallest absolute Gasteiger partial charge is 0.328 e. The molecular formula is C26H33N7O4. The number of carbonyl (C=O) groups is 2. The van der Waals surface area contributed by atoms with E-state index in [0.29, 0.717) is 37.0 Å². The average molecular weight is 508 g/mol. The molecule has 1 atom stereocenters. The molecule has 11 heteroatoms. The molecule has 4 rings (SSSR count). The van der Waals surface area contributed by atoms with Gasteiger partial charge in [-0.15, -0.1) is 0 Å².